The smallest absolute Gasteiger partial charge is 0.0766 e. The molecule has 1 N–H and O–H groups in total. The zero-order valence-electron chi connectivity index (χ0n) is 11.0. The molecule has 0 aromatic carbocycles. The molecule has 1 unspecified atom stereocenters. The lowest BCUT2D eigenvalue weighted by atomic mass is 10.1. The van der Waals surface area contributed by atoms with Gasteiger partial charge in [-0.3, -0.25) is 4.98 Å². The van der Waals surface area contributed by atoms with E-state index in [0.29, 0.717) is 6.04 Å². The number of piperidine rings is 1. The van der Waals surface area contributed by atoms with Crippen molar-refractivity contribution < 1.29 is 0 Å². The first-order valence-electron chi connectivity index (χ1n) is 6.23. The molecule has 0 spiro atoms. The Morgan fingerprint density at radius 1 is 1.47 bits per heavy atom. The number of hydrogen-bond donors (Lipinski definition) is 1. The second-order valence-electron chi connectivity index (χ2n) is 5.03. The van der Waals surface area contributed by atoms with Crippen molar-refractivity contribution in [2.24, 2.45) is 0 Å². The molecule has 2 heterocycles. The van der Waals surface area contributed by atoms with Gasteiger partial charge in [-0.2, -0.15) is 0 Å². The summed E-state index contributed by atoms with van der Waals surface area (Å²) in [5.74, 6) is 0. The van der Waals surface area contributed by atoms with Crippen molar-refractivity contribution in [1.29, 1.82) is 0 Å². The molecule has 1 aromatic rings. The normalized spacial score (nSPS) is 21.2. The lowest BCUT2D eigenvalue weighted by Crippen LogP contribution is -2.40. The van der Waals surface area contributed by atoms with Crippen molar-refractivity contribution in [1.82, 2.24) is 9.88 Å². The molecule has 2 rings (SSSR count). The van der Waals surface area contributed by atoms with Gasteiger partial charge in [0.15, 0.2) is 0 Å². The summed E-state index contributed by atoms with van der Waals surface area (Å²) in [5.41, 5.74) is 2.34. The summed E-state index contributed by atoms with van der Waals surface area (Å²) in [6, 6.07) is 2.59. The quantitative estimate of drug-likeness (QED) is 0.862. The van der Waals surface area contributed by atoms with E-state index in [1.165, 1.54) is 25.1 Å². The summed E-state index contributed by atoms with van der Waals surface area (Å²) in [7, 11) is 6.31. The summed E-state index contributed by atoms with van der Waals surface area (Å²) in [5, 5.41) is 3.62. The molecule has 0 amide bonds. The van der Waals surface area contributed by atoms with Crippen LogP contribution in [0.15, 0.2) is 18.5 Å². The van der Waals surface area contributed by atoms with Gasteiger partial charge in [0.25, 0.3) is 0 Å². The maximum absolute atomic E-state index is 4.21. The van der Waals surface area contributed by atoms with E-state index in [1.54, 1.807) is 0 Å². The van der Waals surface area contributed by atoms with E-state index in [1.807, 2.05) is 12.4 Å². The van der Waals surface area contributed by atoms with Gasteiger partial charge in [-0.25, -0.2) is 0 Å². The predicted molar refractivity (Wildman–Crippen MR) is 72.7 cm³/mol. The Kier molecular flexibility index (Phi) is 3.84. The SMILES string of the molecule is CN1CCCC(Nc2cnccc2N(C)C)C1. The van der Waals surface area contributed by atoms with Crippen LogP contribution in [0.1, 0.15) is 12.8 Å². The van der Waals surface area contributed by atoms with E-state index < -0.39 is 0 Å². The van der Waals surface area contributed by atoms with Crippen LogP contribution in [0.5, 0.6) is 0 Å². The van der Waals surface area contributed by atoms with Crippen molar-refractivity contribution >= 4 is 11.4 Å². The van der Waals surface area contributed by atoms with E-state index >= 15 is 0 Å². The fourth-order valence-electron chi connectivity index (χ4n) is 2.39. The fraction of sp³-hybridized carbons (Fsp3) is 0.615. The molecule has 1 aliphatic rings. The number of hydrogen-bond acceptors (Lipinski definition) is 4. The number of anilines is 2. The van der Waals surface area contributed by atoms with Gasteiger partial charge in [-0.15, -0.1) is 0 Å². The van der Waals surface area contributed by atoms with Gasteiger partial charge in [-0.05, 0) is 32.5 Å². The standard InChI is InChI=1S/C13H22N4/c1-16(2)13-6-7-14-9-12(13)15-11-5-4-8-17(3)10-11/h6-7,9,11,15H,4-5,8,10H2,1-3H3. The summed E-state index contributed by atoms with van der Waals surface area (Å²) >= 11 is 0. The molecular formula is C13H22N4. The van der Waals surface area contributed by atoms with Gasteiger partial charge in [0.1, 0.15) is 0 Å². The third kappa shape index (κ3) is 3.09. The molecule has 1 fully saturated rings. The van der Waals surface area contributed by atoms with Crippen molar-refractivity contribution in [3.05, 3.63) is 18.5 Å². The van der Waals surface area contributed by atoms with Crippen molar-refractivity contribution in [3.8, 4) is 0 Å². The second-order valence-corrected chi connectivity index (χ2v) is 5.03. The lowest BCUT2D eigenvalue weighted by Gasteiger charge is -2.31. The average Bonchev–Trinajstić information content (AvgIpc) is 2.29. The zero-order chi connectivity index (χ0) is 12.3. The highest BCUT2D eigenvalue weighted by Crippen LogP contribution is 2.24. The molecule has 1 aromatic heterocycles. The topological polar surface area (TPSA) is 31.4 Å². The first kappa shape index (κ1) is 12.2. The number of likely N-dealkylation sites (N-methyl/N-ethyl adjacent to an activating group) is 1. The van der Waals surface area contributed by atoms with Crippen LogP contribution >= 0.6 is 0 Å². The highest BCUT2D eigenvalue weighted by Gasteiger charge is 2.18. The molecule has 1 saturated heterocycles. The Morgan fingerprint density at radius 2 is 2.29 bits per heavy atom. The van der Waals surface area contributed by atoms with E-state index in [2.05, 4.69) is 47.3 Å². The molecule has 1 atom stereocenters. The van der Waals surface area contributed by atoms with E-state index in [0.717, 1.165) is 12.2 Å². The Morgan fingerprint density at radius 3 is 3.00 bits per heavy atom. The molecular weight excluding hydrogens is 212 g/mol. The summed E-state index contributed by atoms with van der Waals surface area (Å²) in [6.45, 7) is 2.33. The Balaban J connectivity index is 2.07. The van der Waals surface area contributed by atoms with Gasteiger partial charge in [0.2, 0.25) is 0 Å². The number of nitrogens with one attached hydrogen (secondary N) is 1. The Bertz CT molecular complexity index is 364. The van der Waals surface area contributed by atoms with E-state index in [9.17, 15) is 0 Å². The predicted octanol–water partition coefficient (Wildman–Crippen LogP) is 1.65. The van der Waals surface area contributed by atoms with Gasteiger partial charge >= 0.3 is 0 Å². The molecule has 94 valence electrons. The van der Waals surface area contributed by atoms with Crippen LogP contribution in [0.4, 0.5) is 11.4 Å². The summed E-state index contributed by atoms with van der Waals surface area (Å²) in [4.78, 5) is 8.71. The lowest BCUT2D eigenvalue weighted by molar-refractivity contribution is 0.261. The van der Waals surface area contributed by atoms with Crippen molar-refractivity contribution in [2.45, 2.75) is 18.9 Å². The van der Waals surface area contributed by atoms with Crippen LogP contribution in [0, 0.1) is 0 Å². The van der Waals surface area contributed by atoms with Gasteiger partial charge in [0, 0.05) is 32.9 Å². The fourth-order valence-corrected chi connectivity index (χ4v) is 2.39. The zero-order valence-corrected chi connectivity index (χ0v) is 11.0. The van der Waals surface area contributed by atoms with Gasteiger partial charge < -0.3 is 15.1 Å². The van der Waals surface area contributed by atoms with Crippen LogP contribution in [0.3, 0.4) is 0 Å². The molecule has 0 radical (unpaired) electrons. The minimum absolute atomic E-state index is 0.539. The van der Waals surface area contributed by atoms with Crippen molar-refractivity contribution in [3.63, 3.8) is 0 Å². The second kappa shape index (κ2) is 5.36. The number of rotatable bonds is 3. The monoisotopic (exact) mass is 234 g/mol. The molecule has 0 aliphatic carbocycles. The number of nitrogens with zero attached hydrogens (tertiary/aromatic N) is 3. The highest BCUT2D eigenvalue weighted by atomic mass is 15.2. The highest BCUT2D eigenvalue weighted by molar-refractivity contribution is 5.68. The van der Waals surface area contributed by atoms with E-state index in [-0.39, 0.29) is 0 Å². The van der Waals surface area contributed by atoms with Crippen LogP contribution in [0.25, 0.3) is 0 Å². The first-order valence-corrected chi connectivity index (χ1v) is 6.23. The van der Waals surface area contributed by atoms with Gasteiger partial charge in [0.05, 0.1) is 17.6 Å². The summed E-state index contributed by atoms with van der Waals surface area (Å²) < 4.78 is 0. The van der Waals surface area contributed by atoms with Crippen LogP contribution < -0.4 is 10.2 Å². The molecule has 0 saturated carbocycles. The van der Waals surface area contributed by atoms with Crippen molar-refractivity contribution in [2.75, 3.05) is 44.4 Å². The molecule has 4 nitrogen and oxygen atoms in total. The number of aromatic nitrogens is 1. The average molecular weight is 234 g/mol. The van der Waals surface area contributed by atoms with Crippen LogP contribution in [-0.2, 0) is 0 Å². The Hall–Kier alpha value is -1.29. The van der Waals surface area contributed by atoms with E-state index in [4.69, 9.17) is 0 Å². The number of pyridine rings is 1. The minimum Gasteiger partial charge on any atom is -0.378 e. The Labute approximate surface area is 104 Å². The first-order chi connectivity index (χ1) is 8.16. The summed E-state index contributed by atoms with van der Waals surface area (Å²) in [6.07, 6.45) is 6.27. The molecule has 0 bridgehead atoms. The third-order valence-electron chi connectivity index (χ3n) is 3.26. The number of likely N-dealkylation sites (tertiary alicyclic amines) is 1. The molecule has 1 aliphatic heterocycles. The van der Waals surface area contributed by atoms with Crippen LogP contribution in [0.2, 0.25) is 0 Å². The molecule has 17 heavy (non-hydrogen) atoms. The largest absolute Gasteiger partial charge is 0.378 e. The van der Waals surface area contributed by atoms with Gasteiger partial charge in [-0.1, -0.05) is 0 Å². The maximum atomic E-state index is 4.21. The molecule has 4 heteroatoms. The minimum atomic E-state index is 0.539. The maximum Gasteiger partial charge on any atom is 0.0766 e. The third-order valence-corrected chi connectivity index (χ3v) is 3.26. The van der Waals surface area contributed by atoms with Crippen LogP contribution in [-0.4, -0.2) is 50.2 Å².